The molecule has 1 aromatic carbocycles. The number of methoxy groups -OCH3 is 3. The maximum atomic E-state index is 13.1. The SMILES string of the molecule is COc1cc(CNC(=O)c2cc(-c3ccco3)nc3onc(C)c23)cc(OC)c1OC. The predicted octanol–water partition coefficient (Wildman–Crippen LogP) is 3.75. The lowest BCUT2D eigenvalue weighted by atomic mass is 10.1. The average molecular weight is 423 g/mol. The highest BCUT2D eigenvalue weighted by Gasteiger charge is 2.20. The van der Waals surface area contributed by atoms with Gasteiger partial charge in [-0.3, -0.25) is 4.79 Å². The molecule has 0 saturated carbocycles. The fraction of sp³-hybridized carbons (Fsp3) is 0.227. The number of hydrogen-bond acceptors (Lipinski definition) is 8. The van der Waals surface area contributed by atoms with Gasteiger partial charge in [0.05, 0.1) is 44.2 Å². The Kier molecular flexibility index (Phi) is 5.48. The standard InChI is InChI=1S/C22H21N3O6/c1-12-19-14(10-15(16-6-5-7-30-16)24-22(19)31-25-12)21(26)23-11-13-8-17(27-2)20(29-4)18(9-13)28-3/h5-10H,11H2,1-4H3,(H,23,26). The van der Waals surface area contributed by atoms with E-state index in [1.807, 2.05) is 0 Å². The molecule has 9 heteroatoms. The number of furan rings is 1. The zero-order valence-corrected chi connectivity index (χ0v) is 17.5. The summed E-state index contributed by atoms with van der Waals surface area (Å²) in [6.45, 7) is 2.00. The van der Waals surface area contributed by atoms with Gasteiger partial charge >= 0.3 is 0 Å². The van der Waals surface area contributed by atoms with E-state index in [0.717, 1.165) is 5.56 Å². The lowest BCUT2D eigenvalue weighted by Gasteiger charge is -2.14. The van der Waals surface area contributed by atoms with E-state index in [4.69, 9.17) is 23.2 Å². The van der Waals surface area contributed by atoms with Crippen LogP contribution in [-0.2, 0) is 6.54 Å². The molecule has 0 unspecified atom stereocenters. The first-order valence-electron chi connectivity index (χ1n) is 9.43. The predicted molar refractivity (Wildman–Crippen MR) is 112 cm³/mol. The molecule has 3 heterocycles. The summed E-state index contributed by atoms with van der Waals surface area (Å²) in [4.78, 5) is 17.5. The fourth-order valence-corrected chi connectivity index (χ4v) is 3.34. The highest BCUT2D eigenvalue weighted by molar-refractivity contribution is 6.06. The smallest absolute Gasteiger partial charge is 0.259 e. The molecule has 1 N–H and O–H groups in total. The summed E-state index contributed by atoms with van der Waals surface area (Å²) >= 11 is 0. The van der Waals surface area contributed by atoms with Crippen molar-refractivity contribution in [1.29, 1.82) is 0 Å². The molecule has 31 heavy (non-hydrogen) atoms. The van der Waals surface area contributed by atoms with Crippen LogP contribution in [0.3, 0.4) is 0 Å². The first-order valence-corrected chi connectivity index (χ1v) is 9.43. The van der Waals surface area contributed by atoms with Gasteiger partial charge in [-0.15, -0.1) is 0 Å². The number of benzene rings is 1. The highest BCUT2D eigenvalue weighted by atomic mass is 16.5. The van der Waals surface area contributed by atoms with E-state index < -0.39 is 0 Å². The third-order valence-electron chi connectivity index (χ3n) is 4.81. The summed E-state index contributed by atoms with van der Waals surface area (Å²) in [5, 5.41) is 7.42. The van der Waals surface area contributed by atoms with Gasteiger partial charge in [0.15, 0.2) is 17.3 Å². The Hall–Kier alpha value is -4.01. The van der Waals surface area contributed by atoms with E-state index in [2.05, 4.69) is 15.5 Å². The van der Waals surface area contributed by atoms with Crippen LogP contribution in [0.4, 0.5) is 0 Å². The number of fused-ring (bicyclic) bond motifs is 1. The molecule has 0 saturated heterocycles. The van der Waals surface area contributed by atoms with Gasteiger partial charge in [0.2, 0.25) is 5.75 Å². The van der Waals surface area contributed by atoms with E-state index in [1.165, 1.54) is 27.6 Å². The van der Waals surface area contributed by atoms with Crippen molar-refractivity contribution < 1.29 is 27.9 Å². The van der Waals surface area contributed by atoms with E-state index in [9.17, 15) is 4.79 Å². The lowest BCUT2D eigenvalue weighted by Crippen LogP contribution is -2.23. The Balaban J connectivity index is 1.66. The number of aromatic nitrogens is 2. The van der Waals surface area contributed by atoms with Crippen molar-refractivity contribution in [3.63, 3.8) is 0 Å². The van der Waals surface area contributed by atoms with Crippen molar-refractivity contribution in [3.8, 4) is 28.7 Å². The number of nitrogens with one attached hydrogen (secondary N) is 1. The van der Waals surface area contributed by atoms with Crippen LogP contribution in [0.25, 0.3) is 22.6 Å². The van der Waals surface area contributed by atoms with Crippen LogP contribution >= 0.6 is 0 Å². The van der Waals surface area contributed by atoms with Crippen LogP contribution < -0.4 is 19.5 Å². The normalized spacial score (nSPS) is 10.8. The van der Waals surface area contributed by atoms with Gasteiger partial charge in [-0.25, -0.2) is 4.98 Å². The second kappa shape index (κ2) is 8.39. The van der Waals surface area contributed by atoms with Crippen molar-refractivity contribution in [2.75, 3.05) is 21.3 Å². The fourth-order valence-electron chi connectivity index (χ4n) is 3.34. The molecule has 1 amide bonds. The van der Waals surface area contributed by atoms with Crippen LogP contribution in [0, 0.1) is 6.92 Å². The zero-order valence-electron chi connectivity index (χ0n) is 17.5. The third-order valence-corrected chi connectivity index (χ3v) is 4.81. The summed E-state index contributed by atoms with van der Waals surface area (Å²) in [6, 6.07) is 8.73. The van der Waals surface area contributed by atoms with Gasteiger partial charge in [0.1, 0.15) is 5.69 Å². The van der Waals surface area contributed by atoms with E-state index in [0.29, 0.717) is 45.3 Å². The monoisotopic (exact) mass is 423 g/mol. The molecule has 0 aliphatic carbocycles. The number of aryl methyl sites for hydroxylation is 1. The minimum atomic E-state index is -0.305. The third kappa shape index (κ3) is 3.77. The van der Waals surface area contributed by atoms with Crippen LogP contribution in [0.1, 0.15) is 21.6 Å². The largest absolute Gasteiger partial charge is 0.493 e. The maximum absolute atomic E-state index is 13.1. The van der Waals surface area contributed by atoms with Crippen molar-refractivity contribution >= 4 is 17.0 Å². The molecule has 160 valence electrons. The number of rotatable bonds is 7. The Morgan fingerprint density at radius 1 is 1.10 bits per heavy atom. The summed E-state index contributed by atoms with van der Waals surface area (Å²) < 4.78 is 26.8. The van der Waals surface area contributed by atoms with Gasteiger partial charge in [-0.2, -0.15) is 0 Å². The molecule has 9 nitrogen and oxygen atoms in total. The molecule has 4 aromatic rings. The Morgan fingerprint density at radius 3 is 2.45 bits per heavy atom. The molecule has 0 aliphatic heterocycles. The van der Waals surface area contributed by atoms with Crippen LogP contribution in [0.15, 0.2) is 45.5 Å². The van der Waals surface area contributed by atoms with Gasteiger partial charge < -0.3 is 28.5 Å². The Morgan fingerprint density at radius 2 is 1.84 bits per heavy atom. The van der Waals surface area contributed by atoms with Gasteiger partial charge in [-0.1, -0.05) is 5.16 Å². The minimum Gasteiger partial charge on any atom is -0.493 e. The van der Waals surface area contributed by atoms with E-state index in [-0.39, 0.29) is 18.2 Å². The molecule has 0 radical (unpaired) electrons. The summed E-state index contributed by atoms with van der Waals surface area (Å²) in [5.41, 5.74) is 2.49. The average Bonchev–Trinajstić information content (AvgIpc) is 3.46. The number of nitrogens with zero attached hydrogens (tertiary/aromatic N) is 2. The molecule has 0 aliphatic rings. The zero-order chi connectivity index (χ0) is 22.0. The van der Waals surface area contributed by atoms with Gasteiger partial charge in [0, 0.05) is 6.54 Å². The molecule has 0 fully saturated rings. The number of carbonyl (C=O) groups is 1. The molecular weight excluding hydrogens is 402 g/mol. The number of pyridine rings is 1. The molecule has 3 aromatic heterocycles. The van der Waals surface area contributed by atoms with Gasteiger partial charge in [-0.05, 0) is 42.8 Å². The van der Waals surface area contributed by atoms with Gasteiger partial charge in [0.25, 0.3) is 11.6 Å². The first kappa shape index (κ1) is 20.3. The maximum Gasteiger partial charge on any atom is 0.259 e. The Labute approximate surface area is 177 Å². The van der Waals surface area contributed by atoms with Crippen molar-refractivity contribution in [3.05, 3.63) is 53.4 Å². The quantitative estimate of drug-likeness (QED) is 0.479. The van der Waals surface area contributed by atoms with Crippen molar-refractivity contribution in [1.82, 2.24) is 15.5 Å². The number of carbonyl (C=O) groups excluding carboxylic acids is 1. The van der Waals surface area contributed by atoms with Crippen LogP contribution in [0.2, 0.25) is 0 Å². The first-order chi connectivity index (χ1) is 15.0. The second-order valence-corrected chi connectivity index (χ2v) is 6.70. The lowest BCUT2D eigenvalue weighted by molar-refractivity contribution is 0.0952. The Bertz CT molecular complexity index is 1200. The van der Waals surface area contributed by atoms with E-state index >= 15 is 0 Å². The molecular formula is C22H21N3O6. The number of ether oxygens (including phenoxy) is 3. The van der Waals surface area contributed by atoms with Crippen molar-refractivity contribution in [2.24, 2.45) is 0 Å². The number of hydrogen-bond donors (Lipinski definition) is 1. The minimum absolute atomic E-state index is 0.236. The van der Waals surface area contributed by atoms with Crippen LogP contribution in [-0.4, -0.2) is 37.4 Å². The summed E-state index contributed by atoms with van der Waals surface area (Å²) in [6.07, 6.45) is 1.54. The second-order valence-electron chi connectivity index (χ2n) is 6.70. The highest BCUT2D eigenvalue weighted by Crippen LogP contribution is 2.38. The molecule has 0 atom stereocenters. The number of amides is 1. The molecule has 4 rings (SSSR count). The van der Waals surface area contributed by atoms with Crippen molar-refractivity contribution in [2.45, 2.75) is 13.5 Å². The molecule has 0 spiro atoms. The van der Waals surface area contributed by atoms with Crippen LogP contribution in [0.5, 0.6) is 17.2 Å². The van der Waals surface area contributed by atoms with E-state index in [1.54, 1.807) is 37.3 Å². The summed E-state index contributed by atoms with van der Waals surface area (Å²) in [7, 11) is 4.62. The molecule has 0 bridgehead atoms. The topological polar surface area (TPSA) is 109 Å². The summed E-state index contributed by atoms with van der Waals surface area (Å²) in [5.74, 6) is 1.72.